The third-order valence-electron chi connectivity index (χ3n) is 2.20. The molecule has 0 bridgehead atoms. The molecule has 1 N–H and O–H groups in total. The third kappa shape index (κ3) is 1.77. The first kappa shape index (κ1) is 9.21. The summed E-state index contributed by atoms with van der Waals surface area (Å²) in [4.78, 5) is 4.24. The fourth-order valence-electron chi connectivity index (χ4n) is 1.46. The van der Waals surface area contributed by atoms with Crippen LogP contribution < -0.4 is 5.32 Å². The van der Waals surface area contributed by atoms with Gasteiger partial charge in [-0.25, -0.2) is 4.98 Å². The van der Waals surface area contributed by atoms with Gasteiger partial charge in [0, 0.05) is 30.7 Å². The Morgan fingerprint density at radius 2 is 2.29 bits per heavy atom. The number of fused-ring (bicyclic) bond motifs is 1. The molecule has 2 aromatic heterocycles. The molecule has 0 aliphatic heterocycles. The van der Waals surface area contributed by atoms with Crippen LogP contribution in [0.15, 0.2) is 30.6 Å². The zero-order valence-electron chi connectivity index (χ0n) is 8.57. The quantitative estimate of drug-likeness (QED) is 0.798. The number of nitrogens with zero attached hydrogens (tertiary/aromatic N) is 2. The van der Waals surface area contributed by atoms with Gasteiger partial charge in [0.2, 0.25) is 0 Å². The Labute approximate surface area is 83.8 Å². The highest BCUT2D eigenvalue weighted by atomic mass is 15.0. The smallest absolute Gasteiger partial charge is 0.136 e. The Hall–Kier alpha value is -1.35. The van der Waals surface area contributed by atoms with Gasteiger partial charge in [-0.2, -0.15) is 0 Å². The SMILES string of the molecule is CC(C)NCc1cccc2nccn12. The van der Waals surface area contributed by atoms with Gasteiger partial charge in [0.1, 0.15) is 5.65 Å². The van der Waals surface area contributed by atoms with E-state index >= 15 is 0 Å². The molecular formula is C11H15N3. The molecule has 0 radical (unpaired) electrons. The van der Waals surface area contributed by atoms with E-state index in [1.807, 2.05) is 24.5 Å². The minimum Gasteiger partial charge on any atom is -0.309 e. The summed E-state index contributed by atoms with van der Waals surface area (Å²) in [6, 6.07) is 6.68. The van der Waals surface area contributed by atoms with Crippen molar-refractivity contribution >= 4 is 5.65 Å². The summed E-state index contributed by atoms with van der Waals surface area (Å²) >= 11 is 0. The minimum atomic E-state index is 0.508. The van der Waals surface area contributed by atoms with E-state index in [1.165, 1.54) is 5.69 Å². The molecule has 74 valence electrons. The molecule has 0 saturated carbocycles. The standard InChI is InChI=1S/C11H15N3/c1-9(2)13-8-10-4-3-5-11-12-6-7-14(10)11/h3-7,9,13H,8H2,1-2H3. The zero-order valence-corrected chi connectivity index (χ0v) is 8.57. The Bertz CT molecular complexity index is 417. The monoisotopic (exact) mass is 189 g/mol. The van der Waals surface area contributed by atoms with E-state index in [9.17, 15) is 0 Å². The second-order valence-electron chi connectivity index (χ2n) is 3.71. The van der Waals surface area contributed by atoms with Gasteiger partial charge in [-0.15, -0.1) is 0 Å². The van der Waals surface area contributed by atoms with Crippen molar-refractivity contribution in [3.05, 3.63) is 36.3 Å². The maximum atomic E-state index is 4.24. The predicted molar refractivity (Wildman–Crippen MR) is 57.2 cm³/mol. The van der Waals surface area contributed by atoms with Crippen LogP contribution in [0.25, 0.3) is 5.65 Å². The van der Waals surface area contributed by atoms with Gasteiger partial charge < -0.3 is 9.72 Å². The van der Waals surface area contributed by atoms with Crippen molar-refractivity contribution < 1.29 is 0 Å². The second-order valence-corrected chi connectivity index (χ2v) is 3.71. The minimum absolute atomic E-state index is 0.508. The van der Waals surface area contributed by atoms with Gasteiger partial charge in [0.15, 0.2) is 0 Å². The largest absolute Gasteiger partial charge is 0.309 e. The third-order valence-corrected chi connectivity index (χ3v) is 2.20. The lowest BCUT2D eigenvalue weighted by molar-refractivity contribution is 0.578. The lowest BCUT2D eigenvalue weighted by Gasteiger charge is -2.09. The summed E-state index contributed by atoms with van der Waals surface area (Å²) in [6.45, 7) is 5.17. The van der Waals surface area contributed by atoms with Gasteiger partial charge in [-0.1, -0.05) is 19.9 Å². The van der Waals surface area contributed by atoms with Gasteiger partial charge >= 0.3 is 0 Å². The first-order valence-corrected chi connectivity index (χ1v) is 4.92. The molecule has 14 heavy (non-hydrogen) atoms. The normalized spacial score (nSPS) is 11.4. The molecule has 3 heteroatoms. The molecule has 0 unspecified atom stereocenters. The number of nitrogens with one attached hydrogen (secondary N) is 1. The van der Waals surface area contributed by atoms with Crippen molar-refractivity contribution in [3.63, 3.8) is 0 Å². The predicted octanol–water partition coefficient (Wildman–Crippen LogP) is 1.83. The molecule has 0 atom stereocenters. The van der Waals surface area contributed by atoms with E-state index in [2.05, 4.69) is 34.6 Å². The van der Waals surface area contributed by atoms with Crippen LogP contribution in [0.3, 0.4) is 0 Å². The fraction of sp³-hybridized carbons (Fsp3) is 0.364. The van der Waals surface area contributed by atoms with Crippen molar-refractivity contribution in [2.45, 2.75) is 26.4 Å². The van der Waals surface area contributed by atoms with Crippen LogP contribution in [-0.4, -0.2) is 15.4 Å². The molecule has 0 fully saturated rings. The molecule has 2 rings (SSSR count). The lowest BCUT2D eigenvalue weighted by atomic mass is 10.3. The van der Waals surface area contributed by atoms with E-state index in [0.29, 0.717) is 6.04 Å². The van der Waals surface area contributed by atoms with Crippen molar-refractivity contribution in [3.8, 4) is 0 Å². The van der Waals surface area contributed by atoms with Gasteiger partial charge in [-0.3, -0.25) is 0 Å². The van der Waals surface area contributed by atoms with Crippen molar-refractivity contribution in [2.75, 3.05) is 0 Å². The zero-order chi connectivity index (χ0) is 9.97. The van der Waals surface area contributed by atoms with Gasteiger partial charge in [-0.05, 0) is 12.1 Å². The molecule has 0 aliphatic carbocycles. The van der Waals surface area contributed by atoms with Crippen molar-refractivity contribution in [1.82, 2.24) is 14.7 Å². The highest BCUT2D eigenvalue weighted by Gasteiger charge is 2.00. The summed E-state index contributed by atoms with van der Waals surface area (Å²) in [5, 5.41) is 3.40. The maximum Gasteiger partial charge on any atom is 0.136 e. The van der Waals surface area contributed by atoms with Crippen LogP contribution in [0.5, 0.6) is 0 Å². The number of pyridine rings is 1. The molecule has 3 nitrogen and oxygen atoms in total. The van der Waals surface area contributed by atoms with Crippen LogP contribution >= 0.6 is 0 Å². The Morgan fingerprint density at radius 3 is 3.07 bits per heavy atom. The van der Waals surface area contributed by atoms with E-state index in [1.54, 1.807) is 0 Å². The van der Waals surface area contributed by atoms with Crippen molar-refractivity contribution in [1.29, 1.82) is 0 Å². The molecule has 2 heterocycles. The molecule has 0 saturated heterocycles. The first-order valence-electron chi connectivity index (χ1n) is 4.92. The summed E-state index contributed by atoms with van der Waals surface area (Å²) in [5.74, 6) is 0. The number of aromatic nitrogens is 2. The molecule has 0 aliphatic rings. The van der Waals surface area contributed by atoms with Crippen LogP contribution in [0.4, 0.5) is 0 Å². The van der Waals surface area contributed by atoms with Crippen LogP contribution in [0.2, 0.25) is 0 Å². The molecule has 0 spiro atoms. The summed E-state index contributed by atoms with van der Waals surface area (Å²) in [5.41, 5.74) is 2.25. The second kappa shape index (κ2) is 3.80. The molecule has 0 amide bonds. The number of hydrogen-bond acceptors (Lipinski definition) is 2. The molecule has 0 aromatic carbocycles. The average Bonchev–Trinajstić information content (AvgIpc) is 2.62. The number of imidazole rings is 1. The van der Waals surface area contributed by atoms with E-state index in [-0.39, 0.29) is 0 Å². The van der Waals surface area contributed by atoms with E-state index in [0.717, 1.165) is 12.2 Å². The first-order chi connectivity index (χ1) is 6.77. The molecular weight excluding hydrogens is 174 g/mol. The van der Waals surface area contributed by atoms with Crippen LogP contribution in [0, 0.1) is 0 Å². The Kier molecular flexibility index (Phi) is 2.50. The Balaban J connectivity index is 2.27. The van der Waals surface area contributed by atoms with Crippen LogP contribution in [0.1, 0.15) is 19.5 Å². The van der Waals surface area contributed by atoms with Gasteiger partial charge in [0.25, 0.3) is 0 Å². The average molecular weight is 189 g/mol. The Morgan fingerprint density at radius 1 is 1.43 bits per heavy atom. The number of rotatable bonds is 3. The van der Waals surface area contributed by atoms with E-state index in [4.69, 9.17) is 0 Å². The van der Waals surface area contributed by atoms with Gasteiger partial charge in [0.05, 0.1) is 0 Å². The summed E-state index contributed by atoms with van der Waals surface area (Å²) in [7, 11) is 0. The highest BCUT2D eigenvalue weighted by Crippen LogP contribution is 2.05. The van der Waals surface area contributed by atoms with Crippen LogP contribution in [-0.2, 0) is 6.54 Å². The number of hydrogen-bond donors (Lipinski definition) is 1. The maximum absolute atomic E-state index is 4.24. The van der Waals surface area contributed by atoms with E-state index < -0.39 is 0 Å². The summed E-state index contributed by atoms with van der Waals surface area (Å²) < 4.78 is 2.11. The van der Waals surface area contributed by atoms with Crippen molar-refractivity contribution in [2.24, 2.45) is 0 Å². The lowest BCUT2D eigenvalue weighted by Crippen LogP contribution is -2.22. The fourth-order valence-corrected chi connectivity index (χ4v) is 1.46. The summed E-state index contributed by atoms with van der Waals surface area (Å²) in [6.07, 6.45) is 3.82. The topological polar surface area (TPSA) is 29.3 Å². The highest BCUT2D eigenvalue weighted by molar-refractivity contribution is 5.39. The molecule has 2 aromatic rings.